The lowest BCUT2D eigenvalue weighted by Crippen LogP contribution is -2.32. The summed E-state index contributed by atoms with van der Waals surface area (Å²) in [5.74, 6) is 1.20. The Morgan fingerprint density at radius 1 is 1.09 bits per heavy atom. The monoisotopic (exact) mass is 508 g/mol. The van der Waals surface area contributed by atoms with Crippen molar-refractivity contribution in [2.45, 2.75) is 44.7 Å². The van der Waals surface area contributed by atoms with Crippen LogP contribution in [0.2, 0.25) is 5.02 Å². The van der Waals surface area contributed by atoms with Crippen molar-refractivity contribution in [1.29, 1.82) is 0 Å². The van der Waals surface area contributed by atoms with Gasteiger partial charge in [-0.3, -0.25) is 4.98 Å². The number of pyridine rings is 1. The van der Waals surface area contributed by atoms with Gasteiger partial charge in [0.15, 0.2) is 17.3 Å². The van der Waals surface area contributed by atoms with Crippen LogP contribution in [0.15, 0.2) is 66.9 Å². The second kappa shape index (κ2) is 10.5. The van der Waals surface area contributed by atoms with E-state index in [2.05, 4.69) is 16.4 Å². The largest absolute Gasteiger partial charge is 0.452 e. The molecule has 1 heterocycles. The molecule has 1 aliphatic rings. The normalized spacial score (nSPS) is 14.3. The number of para-hydroxylation sites is 1. The fourth-order valence-corrected chi connectivity index (χ4v) is 4.93. The highest BCUT2D eigenvalue weighted by molar-refractivity contribution is 6.31. The Kier molecular flexibility index (Phi) is 7.24. The van der Waals surface area contributed by atoms with Gasteiger partial charge in [-0.25, -0.2) is 4.39 Å². The molecule has 1 saturated carbocycles. The maximum absolute atomic E-state index is 15.2. The number of nitrogens with one attached hydrogen (secondary N) is 1. The molecule has 3 aromatic carbocycles. The van der Waals surface area contributed by atoms with E-state index in [1.54, 1.807) is 12.3 Å². The first-order chi connectivity index (χ1) is 17.0. The number of nitrogens with zero attached hydrogens (tertiary/aromatic N) is 1. The summed E-state index contributed by atoms with van der Waals surface area (Å²) in [7, 11) is 0. The number of hydrogen-bond acceptors (Lipinski definition) is 3. The van der Waals surface area contributed by atoms with Crippen molar-refractivity contribution in [2.24, 2.45) is 0 Å². The number of alkyl halides is 1. The zero-order valence-corrected chi connectivity index (χ0v) is 21.0. The molecule has 0 radical (unpaired) electrons. The molecule has 0 amide bonds. The lowest BCUT2D eigenvalue weighted by Gasteiger charge is -2.20. The van der Waals surface area contributed by atoms with Gasteiger partial charge in [0.1, 0.15) is 0 Å². The third-order valence-electron chi connectivity index (χ3n) is 6.51. The van der Waals surface area contributed by atoms with Crippen molar-refractivity contribution < 1.29 is 9.13 Å². The highest BCUT2D eigenvalue weighted by Gasteiger charge is 2.28. The second-order valence-corrected chi connectivity index (χ2v) is 9.90. The Morgan fingerprint density at radius 3 is 2.69 bits per heavy atom. The van der Waals surface area contributed by atoms with Gasteiger partial charge in [-0.2, -0.15) is 0 Å². The fraction of sp³-hybridized carbons (Fsp3) is 0.276. The average molecular weight is 509 g/mol. The Labute approximate surface area is 215 Å². The third-order valence-corrected chi connectivity index (χ3v) is 7.23. The van der Waals surface area contributed by atoms with Gasteiger partial charge in [-0.1, -0.05) is 54.1 Å². The first-order valence-electron chi connectivity index (χ1n) is 11.9. The molecule has 1 fully saturated rings. The first-order valence-corrected chi connectivity index (χ1v) is 12.8. The van der Waals surface area contributed by atoms with Crippen LogP contribution < -0.4 is 10.1 Å². The van der Waals surface area contributed by atoms with E-state index in [9.17, 15) is 0 Å². The quantitative estimate of drug-likeness (QED) is 0.233. The fourth-order valence-electron chi connectivity index (χ4n) is 4.40. The molecule has 0 saturated heterocycles. The molecule has 1 aliphatic carbocycles. The zero-order valence-electron chi connectivity index (χ0n) is 19.5. The molecule has 6 heteroatoms. The summed E-state index contributed by atoms with van der Waals surface area (Å²) in [4.78, 5) is 4.55. The summed E-state index contributed by atoms with van der Waals surface area (Å²) in [6.07, 6.45) is 4.42. The van der Waals surface area contributed by atoms with Gasteiger partial charge in [-0.15, -0.1) is 11.6 Å². The van der Waals surface area contributed by atoms with Crippen LogP contribution in [0.4, 0.5) is 4.39 Å². The molecule has 1 aromatic heterocycles. The van der Waals surface area contributed by atoms with E-state index in [0.29, 0.717) is 30.5 Å². The zero-order chi connectivity index (χ0) is 24.4. The number of ether oxygens (including phenoxy) is 1. The molecule has 0 aliphatic heterocycles. The van der Waals surface area contributed by atoms with Crippen molar-refractivity contribution in [3.63, 3.8) is 0 Å². The van der Waals surface area contributed by atoms with Crippen LogP contribution >= 0.6 is 23.2 Å². The van der Waals surface area contributed by atoms with E-state index in [0.717, 1.165) is 51.0 Å². The molecule has 0 spiro atoms. The topological polar surface area (TPSA) is 34.1 Å². The van der Waals surface area contributed by atoms with E-state index < -0.39 is 0 Å². The van der Waals surface area contributed by atoms with Crippen molar-refractivity contribution in [3.05, 3.63) is 100.0 Å². The highest BCUT2D eigenvalue weighted by Crippen LogP contribution is 2.43. The number of benzene rings is 3. The Morgan fingerprint density at radius 2 is 1.91 bits per heavy atom. The predicted molar refractivity (Wildman–Crippen MR) is 141 cm³/mol. The Hall–Kier alpha value is -2.66. The van der Waals surface area contributed by atoms with Gasteiger partial charge in [0.25, 0.3) is 0 Å². The van der Waals surface area contributed by atoms with Gasteiger partial charge in [0.2, 0.25) is 0 Å². The minimum atomic E-state index is -0.283. The van der Waals surface area contributed by atoms with Crippen LogP contribution in [0.3, 0.4) is 0 Å². The maximum atomic E-state index is 15.2. The standard InChI is InChI=1S/C29H27Cl2FN2O/c1-18-9-10-20(25(31)13-18)14-21(15-30)33-16-24-23-5-2-3-7-26(23)34-17-28(24)35-27-8-4-6-22(29(27)32)19-11-12-19/h2-10,13,17,19,21,33H,11-12,14-16H2,1H3. The van der Waals surface area contributed by atoms with E-state index in [4.69, 9.17) is 27.9 Å². The summed E-state index contributed by atoms with van der Waals surface area (Å²) in [6.45, 7) is 2.51. The summed E-state index contributed by atoms with van der Waals surface area (Å²) >= 11 is 12.8. The van der Waals surface area contributed by atoms with Crippen LogP contribution in [0, 0.1) is 12.7 Å². The van der Waals surface area contributed by atoms with Gasteiger partial charge in [0, 0.05) is 34.4 Å². The number of halogens is 3. The van der Waals surface area contributed by atoms with E-state index >= 15 is 4.39 Å². The van der Waals surface area contributed by atoms with Crippen LogP contribution in [0.25, 0.3) is 10.9 Å². The van der Waals surface area contributed by atoms with Crippen molar-refractivity contribution in [1.82, 2.24) is 10.3 Å². The third kappa shape index (κ3) is 5.45. The molecule has 5 rings (SSSR count). The van der Waals surface area contributed by atoms with Crippen LogP contribution in [-0.4, -0.2) is 16.9 Å². The van der Waals surface area contributed by atoms with Gasteiger partial charge < -0.3 is 10.1 Å². The Bertz CT molecular complexity index is 1360. The molecule has 1 atom stereocenters. The summed E-state index contributed by atoms with van der Waals surface area (Å²) < 4.78 is 21.3. The van der Waals surface area contributed by atoms with Crippen LogP contribution in [0.1, 0.15) is 41.0 Å². The van der Waals surface area contributed by atoms with Crippen molar-refractivity contribution in [2.75, 3.05) is 5.88 Å². The lowest BCUT2D eigenvalue weighted by molar-refractivity contribution is 0.429. The molecular formula is C29H27Cl2FN2O. The highest BCUT2D eigenvalue weighted by atomic mass is 35.5. The minimum Gasteiger partial charge on any atom is -0.452 e. The van der Waals surface area contributed by atoms with Crippen molar-refractivity contribution in [3.8, 4) is 11.5 Å². The van der Waals surface area contributed by atoms with E-state index in [1.165, 1.54) is 0 Å². The number of aromatic nitrogens is 1. The minimum absolute atomic E-state index is 0.00780. The molecule has 35 heavy (non-hydrogen) atoms. The molecule has 1 N–H and O–H groups in total. The number of fused-ring (bicyclic) bond motifs is 1. The van der Waals surface area contributed by atoms with Gasteiger partial charge in [0.05, 0.1) is 11.7 Å². The smallest absolute Gasteiger partial charge is 0.169 e. The first kappa shape index (κ1) is 24.1. The van der Waals surface area contributed by atoms with Crippen LogP contribution in [-0.2, 0) is 13.0 Å². The average Bonchev–Trinajstić information content (AvgIpc) is 3.70. The van der Waals surface area contributed by atoms with Crippen molar-refractivity contribution >= 4 is 34.1 Å². The predicted octanol–water partition coefficient (Wildman–Crippen LogP) is 7.95. The molecule has 3 nitrogen and oxygen atoms in total. The molecule has 0 bridgehead atoms. The summed E-state index contributed by atoms with van der Waals surface area (Å²) in [5.41, 5.74) is 4.67. The molecule has 1 unspecified atom stereocenters. The maximum Gasteiger partial charge on any atom is 0.169 e. The summed E-state index contributed by atoms with van der Waals surface area (Å²) in [6, 6.07) is 19.3. The molecule has 4 aromatic rings. The van der Waals surface area contributed by atoms with Crippen LogP contribution in [0.5, 0.6) is 11.5 Å². The molecule has 180 valence electrons. The number of aryl methyl sites for hydroxylation is 1. The van der Waals surface area contributed by atoms with Gasteiger partial charge in [-0.05, 0) is 67.0 Å². The van der Waals surface area contributed by atoms with Gasteiger partial charge >= 0.3 is 0 Å². The Balaban J connectivity index is 1.42. The lowest BCUT2D eigenvalue weighted by atomic mass is 10.0. The second-order valence-electron chi connectivity index (χ2n) is 9.18. The SMILES string of the molecule is Cc1ccc(CC(CCl)NCc2c(Oc3cccc(C4CC4)c3F)cnc3ccccc23)c(Cl)c1. The number of hydrogen-bond donors (Lipinski definition) is 1. The van der Waals surface area contributed by atoms with E-state index in [-0.39, 0.29) is 17.6 Å². The molecular weight excluding hydrogens is 482 g/mol. The van der Waals surface area contributed by atoms with E-state index in [1.807, 2.05) is 55.5 Å². The summed E-state index contributed by atoms with van der Waals surface area (Å²) in [5, 5.41) is 5.25. The number of rotatable bonds is 9.